The standard InChI is InChI=1S/C13H25N3O2/c1-9(2)6-7-11-15-12(18-16-11)10(14)8-17-13(3,4)5/h9-10H,6-8,14H2,1-5H3/t10-/m0/s1. The number of nitrogens with two attached hydrogens (primary N) is 1. The number of hydrogen-bond acceptors (Lipinski definition) is 5. The molecule has 18 heavy (non-hydrogen) atoms. The molecular formula is C13H25N3O2. The van der Waals surface area contributed by atoms with Crippen LogP contribution in [-0.4, -0.2) is 22.3 Å². The summed E-state index contributed by atoms with van der Waals surface area (Å²) in [6.07, 6.45) is 1.88. The summed E-state index contributed by atoms with van der Waals surface area (Å²) in [6, 6.07) is -0.357. The largest absolute Gasteiger partial charge is 0.374 e. The van der Waals surface area contributed by atoms with E-state index in [0.29, 0.717) is 18.4 Å². The summed E-state index contributed by atoms with van der Waals surface area (Å²) in [5.41, 5.74) is 5.74. The fourth-order valence-electron chi connectivity index (χ4n) is 1.35. The van der Waals surface area contributed by atoms with Crippen molar-refractivity contribution in [3.05, 3.63) is 11.7 Å². The van der Waals surface area contributed by atoms with Gasteiger partial charge in [-0.3, -0.25) is 0 Å². The molecule has 104 valence electrons. The highest BCUT2D eigenvalue weighted by Crippen LogP contribution is 2.14. The molecule has 0 unspecified atom stereocenters. The van der Waals surface area contributed by atoms with Crippen LogP contribution in [0.2, 0.25) is 0 Å². The molecule has 0 radical (unpaired) electrons. The number of hydrogen-bond donors (Lipinski definition) is 1. The van der Waals surface area contributed by atoms with Crippen molar-refractivity contribution in [2.24, 2.45) is 11.7 Å². The van der Waals surface area contributed by atoms with E-state index < -0.39 is 0 Å². The zero-order valence-electron chi connectivity index (χ0n) is 12.1. The van der Waals surface area contributed by atoms with Crippen molar-refractivity contribution in [2.45, 2.75) is 59.1 Å². The second-order valence-electron chi connectivity index (χ2n) is 6.01. The lowest BCUT2D eigenvalue weighted by Crippen LogP contribution is -2.26. The van der Waals surface area contributed by atoms with E-state index in [2.05, 4.69) is 24.0 Å². The molecule has 1 aromatic heterocycles. The van der Waals surface area contributed by atoms with Gasteiger partial charge in [-0.1, -0.05) is 19.0 Å². The molecular weight excluding hydrogens is 230 g/mol. The van der Waals surface area contributed by atoms with Crippen LogP contribution < -0.4 is 5.73 Å². The average molecular weight is 255 g/mol. The topological polar surface area (TPSA) is 74.2 Å². The van der Waals surface area contributed by atoms with Gasteiger partial charge in [0.2, 0.25) is 5.89 Å². The summed E-state index contributed by atoms with van der Waals surface area (Å²) in [4.78, 5) is 4.30. The summed E-state index contributed by atoms with van der Waals surface area (Å²) in [7, 11) is 0. The van der Waals surface area contributed by atoms with Crippen LogP contribution >= 0.6 is 0 Å². The van der Waals surface area contributed by atoms with Gasteiger partial charge in [0.1, 0.15) is 6.04 Å². The normalized spacial score (nSPS) is 14.2. The van der Waals surface area contributed by atoms with Gasteiger partial charge in [0.05, 0.1) is 12.2 Å². The van der Waals surface area contributed by atoms with Gasteiger partial charge in [0.15, 0.2) is 5.82 Å². The highest BCUT2D eigenvalue weighted by molar-refractivity contribution is 4.92. The molecule has 0 fully saturated rings. The van der Waals surface area contributed by atoms with Gasteiger partial charge >= 0.3 is 0 Å². The summed E-state index contributed by atoms with van der Waals surface area (Å²) in [5.74, 6) is 1.81. The van der Waals surface area contributed by atoms with E-state index in [0.717, 1.165) is 18.7 Å². The van der Waals surface area contributed by atoms with E-state index in [4.69, 9.17) is 15.0 Å². The highest BCUT2D eigenvalue weighted by atomic mass is 16.5. The Morgan fingerprint density at radius 3 is 2.56 bits per heavy atom. The Morgan fingerprint density at radius 2 is 2.00 bits per heavy atom. The predicted molar refractivity (Wildman–Crippen MR) is 70.1 cm³/mol. The first-order chi connectivity index (χ1) is 8.28. The van der Waals surface area contributed by atoms with Crippen molar-refractivity contribution in [3.63, 3.8) is 0 Å². The van der Waals surface area contributed by atoms with Crippen molar-refractivity contribution >= 4 is 0 Å². The van der Waals surface area contributed by atoms with Crippen LogP contribution in [0.3, 0.4) is 0 Å². The minimum Gasteiger partial charge on any atom is -0.374 e. The molecule has 2 N–H and O–H groups in total. The molecule has 1 heterocycles. The molecule has 0 aliphatic heterocycles. The summed E-state index contributed by atoms with van der Waals surface area (Å²) < 4.78 is 10.8. The second-order valence-corrected chi connectivity index (χ2v) is 6.01. The molecule has 0 aliphatic carbocycles. The number of aryl methyl sites for hydroxylation is 1. The molecule has 1 aromatic rings. The summed E-state index contributed by atoms with van der Waals surface area (Å²) in [6.45, 7) is 10.7. The maximum Gasteiger partial charge on any atom is 0.245 e. The van der Waals surface area contributed by atoms with E-state index in [1.54, 1.807) is 0 Å². The Morgan fingerprint density at radius 1 is 1.33 bits per heavy atom. The second kappa shape index (κ2) is 6.29. The van der Waals surface area contributed by atoms with Crippen LogP contribution in [0.25, 0.3) is 0 Å². The molecule has 0 bridgehead atoms. The van der Waals surface area contributed by atoms with Gasteiger partial charge in [0.25, 0.3) is 0 Å². The van der Waals surface area contributed by atoms with Crippen LogP contribution in [0.15, 0.2) is 4.52 Å². The van der Waals surface area contributed by atoms with E-state index >= 15 is 0 Å². The molecule has 0 aliphatic rings. The van der Waals surface area contributed by atoms with Crippen molar-refractivity contribution in [3.8, 4) is 0 Å². The summed E-state index contributed by atoms with van der Waals surface area (Å²) in [5, 5.41) is 3.93. The minimum absolute atomic E-state index is 0.210. The Bertz CT molecular complexity index is 355. The van der Waals surface area contributed by atoms with Gasteiger partial charge in [0, 0.05) is 6.42 Å². The SMILES string of the molecule is CC(C)CCc1noc([C@@H](N)COC(C)(C)C)n1. The van der Waals surface area contributed by atoms with Crippen LogP contribution in [0.4, 0.5) is 0 Å². The predicted octanol–water partition coefficient (Wildman–Crippen LogP) is 2.47. The van der Waals surface area contributed by atoms with Crippen LogP contribution in [0, 0.1) is 5.92 Å². The molecule has 1 atom stereocenters. The number of aromatic nitrogens is 2. The monoisotopic (exact) mass is 255 g/mol. The fourth-order valence-corrected chi connectivity index (χ4v) is 1.35. The van der Waals surface area contributed by atoms with Gasteiger partial charge in [-0.15, -0.1) is 0 Å². The Kier molecular flexibility index (Phi) is 5.28. The maximum absolute atomic E-state index is 5.95. The highest BCUT2D eigenvalue weighted by Gasteiger charge is 2.18. The third-order valence-electron chi connectivity index (χ3n) is 2.44. The van der Waals surface area contributed by atoms with Crippen LogP contribution in [0.1, 0.15) is 58.8 Å². The molecule has 0 saturated carbocycles. The van der Waals surface area contributed by atoms with Gasteiger partial charge in [-0.25, -0.2) is 0 Å². The average Bonchev–Trinajstić information content (AvgIpc) is 2.70. The minimum atomic E-state index is -0.357. The van der Waals surface area contributed by atoms with Gasteiger partial charge in [-0.05, 0) is 33.1 Å². The molecule has 5 heteroatoms. The number of ether oxygens (including phenoxy) is 1. The molecule has 1 rings (SSSR count). The first kappa shape index (κ1) is 15.1. The van der Waals surface area contributed by atoms with E-state index in [1.807, 2.05) is 20.8 Å². The molecule has 0 spiro atoms. The smallest absolute Gasteiger partial charge is 0.245 e. The quantitative estimate of drug-likeness (QED) is 0.845. The van der Waals surface area contributed by atoms with Crippen molar-refractivity contribution in [1.82, 2.24) is 10.1 Å². The van der Waals surface area contributed by atoms with E-state index in [9.17, 15) is 0 Å². The molecule has 0 amide bonds. The van der Waals surface area contributed by atoms with Crippen LogP contribution in [0.5, 0.6) is 0 Å². The maximum atomic E-state index is 5.95. The number of rotatable bonds is 6. The Hall–Kier alpha value is -0.940. The first-order valence-corrected chi connectivity index (χ1v) is 6.50. The lowest BCUT2D eigenvalue weighted by molar-refractivity contribution is -0.0134. The first-order valence-electron chi connectivity index (χ1n) is 6.50. The lowest BCUT2D eigenvalue weighted by Gasteiger charge is -2.20. The van der Waals surface area contributed by atoms with Crippen molar-refractivity contribution < 1.29 is 9.26 Å². The van der Waals surface area contributed by atoms with Gasteiger partial charge < -0.3 is 15.0 Å². The van der Waals surface area contributed by atoms with Crippen LogP contribution in [-0.2, 0) is 11.2 Å². The van der Waals surface area contributed by atoms with E-state index in [1.165, 1.54) is 0 Å². The Labute approximate surface area is 109 Å². The van der Waals surface area contributed by atoms with E-state index in [-0.39, 0.29) is 11.6 Å². The summed E-state index contributed by atoms with van der Waals surface area (Å²) >= 11 is 0. The zero-order valence-corrected chi connectivity index (χ0v) is 12.1. The fraction of sp³-hybridized carbons (Fsp3) is 0.846. The zero-order chi connectivity index (χ0) is 13.8. The number of nitrogens with zero attached hydrogens (tertiary/aromatic N) is 2. The third kappa shape index (κ3) is 5.60. The molecule has 5 nitrogen and oxygen atoms in total. The van der Waals surface area contributed by atoms with Gasteiger partial charge in [-0.2, -0.15) is 4.98 Å². The third-order valence-corrected chi connectivity index (χ3v) is 2.44. The molecule has 0 saturated heterocycles. The Balaban J connectivity index is 2.46. The van der Waals surface area contributed by atoms with Crippen molar-refractivity contribution in [1.29, 1.82) is 0 Å². The lowest BCUT2D eigenvalue weighted by atomic mass is 10.1. The molecule has 0 aromatic carbocycles. The van der Waals surface area contributed by atoms with Crippen molar-refractivity contribution in [2.75, 3.05) is 6.61 Å².